The molecule has 0 aliphatic carbocycles. The van der Waals surface area contributed by atoms with E-state index in [4.69, 9.17) is 4.74 Å². The van der Waals surface area contributed by atoms with E-state index in [1.807, 2.05) is 0 Å². The van der Waals surface area contributed by atoms with E-state index in [0.29, 0.717) is 6.42 Å². The minimum Gasteiger partial charge on any atom is -1.00 e. The van der Waals surface area contributed by atoms with Crippen molar-refractivity contribution in [1.29, 1.82) is 0 Å². The van der Waals surface area contributed by atoms with Crippen molar-refractivity contribution in [2.24, 2.45) is 0 Å². The summed E-state index contributed by atoms with van der Waals surface area (Å²) in [6.07, 6.45) is 13.1. The first-order valence-electron chi connectivity index (χ1n) is 15.6. The summed E-state index contributed by atoms with van der Waals surface area (Å²) < 4.78 is 7.44. The van der Waals surface area contributed by atoms with E-state index < -0.39 is 11.7 Å². The number of halogens is 1. The lowest BCUT2D eigenvalue weighted by molar-refractivity contribution is -0.401. The number of nitrogens with one attached hydrogen (secondary N) is 2. The molecule has 0 bridgehead atoms. The van der Waals surface area contributed by atoms with Crippen LogP contribution in [0.4, 0.5) is 16.2 Å². The third kappa shape index (κ3) is 8.26. The van der Waals surface area contributed by atoms with Crippen LogP contribution in [0.1, 0.15) is 85.3 Å². The zero-order valence-corrected chi connectivity index (χ0v) is 28.8. The molecule has 0 saturated carbocycles. The highest BCUT2D eigenvalue weighted by molar-refractivity contribution is 6.03. The van der Waals surface area contributed by atoms with Gasteiger partial charge in [0.1, 0.15) is 12.6 Å². The number of allylic oxidation sites excluding steroid dienone is 6. The highest BCUT2D eigenvalue weighted by Crippen LogP contribution is 2.47. The molecular formula is C37H49ClN4O3. The molecule has 2 aromatic carbocycles. The van der Waals surface area contributed by atoms with Gasteiger partial charge in [-0.05, 0) is 65.2 Å². The molecule has 45 heavy (non-hydrogen) atoms. The largest absolute Gasteiger partial charge is 1.00 e. The Morgan fingerprint density at radius 2 is 1.53 bits per heavy atom. The molecule has 0 aromatic heterocycles. The molecule has 4 rings (SSSR count). The van der Waals surface area contributed by atoms with Crippen molar-refractivity contribution < 1.29 is 31.3 Å². The van der Waals surface area contributed by atoms with Crippen LogP contribution < -0.4 is 28.2 Å². The second-order valence-electron chi connectivity index (χ2n) is 13.7. The third-order valence-corrected chi connectivity index (χ3v) is 8.46. The predicted octanol–water partition coefficient (Wildman–Crippen LogP) is 4.61. The Kier molecular flexibility index (Phi) is 11.5. The van der Waals surface area contributed by atoms with E-state index in [1.54, 1.807) is 20.8 Å². The zero-order valence-electron chi connectivity index (χ0n) is 28.0. The molecule has 0 radical (unpaired) electrons. The van der Waals surface area contributed by atoms with E-state index in [1.165, 1.54) is 33.9 Å². The van der Waals surface area contributed by atoms with Gasteiger partial charge in [-0.2, -0.15) is 4.58 Å². The molecule has 2 aromatic rings. The van der Waals surface area contributed by atoms with Gasteiger partial charge in [0.2, 0.25) is 11.6 Å². The van der Waals surface area contributed by atoms with E-state index in [0.717, 1.165) is 25.8 Å². The summed E-state index contributed by atoms with van der Waals surface area (Å²) in [4.78, 5) is 26.4. The maximum Gasteiger partial charge on any atom is 0.426 e. The fraction of sp³-hybridized carbons (Fsp3) is 0.432. The average Bonchev–Trinajstić information content (AvgIpc) is 3.29. The van der Waals surface area contributed by atoms with Crippen molar-refractivity contribution in [1.82, 2.24) is 10.9 Å². The Labute approximate surface area is 275 Å². The molecule has 0 spiro atoms. The van der Waals surface area contributed by atoms with Crippen LogP contribution in [0.3, 0.4) is 0 Å². The van der Waals surface area contributed by atoms with Gasteiger partial charge < -0.3 is 22.0 Å². The predicted molar refractivity (Wildman–Crippen MR) is 179 cm³/mol. The smallest absolute Gasteiger partial charge is 0.426 e. The number of benzene rings is 2. The second kappa shape index (κ2) is 14.5. The van der Waals surface area contributed by atoms with Crippen LogP contribution in [0.5, 0.6) is 0 Å². The first-order chi connectivity index (χ1) is 20.7. The van der Waals surface area contributed by atoms with Gasteiger partial charge >= 0.3 is 6.09 Å². The number of hydrogen-bond acceptors (Lipinski definition) is 4. The summed E-state index contributed by atoms with van der Waals surface area (Å²) in [5.74, 6) is -0.225. The van der Waals surface area contributed by atoms with E-state index in [-0.39, 0.29) is 29.1 Å². The van der Waals surface area contributed by atoms with Crippen molar-refractivity contribution in [2.45, 2.75) is 90.6 Å². The number of para-hydroxylation sites is 2. The molecule has 0 saturated heterocycles. The van der Waals surface area contributed by atoms with E-state index >= 15 is 0 Å². The lowest BCUT2D eigenvalue weighted by Crippen LogP contribution is -3.00. The number of fused-ring (bicyclic) bond motifs is 2. The van der Waals surface area contributed by atoms with Crippen LogP contribution in [0.25, 0.3) is 0 Å². The number of hydrazine groups is 1. The zero-order chi connectivity index (χ0) is 32.1. The molecular weight excluding hydrogens is 584 g/mol. The molecule has 0 fully saturated rings. The minimum atomic E-state index is -0.663. The fourth-order valence-corrected chi connectivity index (χ4v) is 6.26. The van der Waals surface area contributed by atoms with Gasteiger partial charge in [-0.15, -0.1) is 0 Å². The molecule has 0 unspecified atom stereocenters. The molecule has 0 atom stereocenters. The molecule has 8 heteroatoms. The van der Waals surface area contributed by atoms with Crippen LogP contribution >= 0.6 is 0 Å². The monoisotopic (exact) mass is 632 g/mol. The molecule has 2 aliphatic rings. The van der Waals surface area contributed by atoms with Crippen molar-refractivity contribution in [3.63, 3.8) is 0 Å². The van der Waals surface area contributed by atoms with Gasteiger partial charge in [0.05, 0.1) is 5.41 Å². The SMILES string of the molecule is C[N+]1=C(/C=C/C=C/C=C2/N(CCCCCC(=O)NNC(=O)OC(C)(C)C)c3ccccc3C2(C)C)C(C)(C)c2ccccc21.[Cl-]. The molecule has 2 heterocycles. The highest BCUT2D eigenvalue weighted by Gasteiger charge is 2.42. The fourth-order valence-electron chi connectivity index (χ4n) is 6.26. The Morgan fingerprint density at radius 3 is 2.22 bits per heavy atom. The number of carbonyl (C=O) groups is 2. The van der Waals surface area contributed by atoms with Crippen LogP contribution in [0, 0.1) is 0 Å². The van der Waals surface area contributed by atoms with Gasteiger partial charge in [-0.1, -0.05) is 74.9 Å². The van der Waals surface area contributed by atoms with Crippen molar-refractivity contribution in [2.75, 3.05) is 18.5 Å². The van der Waals surface area contributed by atoms with E-state index in [2.05, 4.69) is 134 Å². The standard InChI is InChI=1S/C37H48N4O3.ClH/c1-35(2,3)44-34(43)39-38-33(42)25-13-10-18-26-41-30-22-17-15-20-28(30)37(6,7)32(41)24-12-9-11-23-31-36(4,5)27-19-14-16-21-29(27)40(31)8;/h9,11-12,14-17,19-24H,10,13,18,25-26H2,1-8H3,(H-,38,39,42,43);1H. The number of nitrogens with zero attached hydrogens (tertiary/aromatic N) is 2. The van der Waals surface area contributed by atoms with Crippen molar-refractivity contribution >= 4 is 29.1 Å². The normalized spacial score (nSPS) is 17.4. The number of carbonyl (C=O) groups excluding carboxylic acids is 2. The molecule has 2 amide bonds. The molecule has 2 aliphatic heterocycles. The summed E-state index contributed by atoms with van der Waals surface area (Å²) in [5.41, 5.74) is 11.7. The van der Waals surface area contributed by atoms with Gasteiger partial charge in [0.15, 0.2) is 5.71 Å². The van der Waals surface area contributed by atoms with Gasteiger partial charge in [-0.25, -0.2) is 10.2 Å². The summed E-state index contributed by atoms with van der Waals surface area (Å²) in [5, 5.41) is 0. The number of amides is 2. The molecule has 242 valence electrons. The summed E-state index contributed by atoms with van der Waals surface area (Å²) in [6, 6.07) is 17.3. The number of anilines is 1. The Hall–Kier alpha value is -3.84. The molecule has 7 nitrogen and oxygen atoms in total. The summed E-state index contributed by atoms with van der Waals surface area (Å²) >= 11 is 0. The van der Waals surface area contributed by atoms with E-state index in [9.17, 15) is 9.59 Å². The van der Waals surface area contributed by atoms with Crippen molar-refractivity contribution in [3.8, 4) is 0 Å². The van der Waals surface area contributed by atoms with Gasteiger partial charge in [-0.3, -0.25) is 10.2 Å². The van der Waals surface area contributed by atoms with Crippen LogP contribution in [0.2, 0.25) is 0 Å². The van der Waals surface area contributed by atoms with Crippen molar-refractivity contribution in [3.05, 3.63) is 95.7 Å². The molecule has 2 N–H and O–H groups in total. The topological polar surface area (TPSA) is 73.7 Å². The minimum absolute atomic E-state index is 0. The lowest BCUT2D eigenvalue weighted by Gasteiger charge is -2.27. The average molecular weight is 633 g/mol. The quantitative estimate of drug-likeness (QED) is 0.183. The Bertz CT molecular complexity index is 1510. The van der Waals surface area contributed by atoms with Crippen LogP contribution in [0.15, 0.2) is 84.6 Å². The number of hydrogen-bond donors (Lipinski definition) is 2. The lowest BCUT2D eigenvalue weighted by atomic mass is 9.81. The number of ether oxygens (including phenoxy) is 1. The Morgan fingerprint density at radius 1 is 0.867 bits per heavy atom. The number of unbranched alkanes of at least 4 members (excludes halogenated alkanes) is 2. The number of rotatable bonds is 9. The maximum absolute atomic E-state index is 12.2. The second-order valence-corrected chi connectivity index (χ2v) is 13.7. The maximum atomic E-state index is 12.2. The third-order valence-electron chi connectivity index (χ3n) is 8.46. The van der Waals surface area contributed by atoms with Crippen LogP contribution in [-0.4, -0.2) is 41.5 Å². The van der Waals surface area contributed by atoms with Gasteiger partial charge in [0.25, 0.3) is 0 Å². The van der Waals surface area contributed by atoms with Gasteiger partial charge in [0, 0.05) is 47.5 Å². The summed E-state index contributed by atoms with van der Waals surface area (Å²) in [7, 11) is 2.14. The Balaban J connectivity index is 0.00000552. The van der Waals surface area contributed by atoms with Crippen LogP contribution in [-0.2, 0) is 20.4 Å². The first kappa shape index (κ1) is 35.6. The highest BCUT2D eigenvalue weighted by atomic mass is 35.5. The summed E-state index contributed by atoms with van der Waals surface area (Å²) in [6.45, 7) is 15.3. The first-order valence-corrected chi connectivity index (χ1v) is 15.6.